The van der Waals surface area contributed by atoms with E-state index < -0.39 is 15.2 Å². The van der Waals surface area contributed by atoms with E-state index in [1.807, 2.05) is 6.08 Å². The molecular weight excluding hydrogens is 412 g/mol. The Kier molecular flexibility index (Phi) is 7.03. The van der Waals surface area contributed by atoms with Crippen molar-refractivity contribution in [2.45, 2.75) is 71.4 Å². The van der Waals surface area contributed by atoms with Gasteiger partial charge in [0.2, 0.25) is 0 Å². The van der Waals surface area contributed by atoms with Crippen LogP contribution in [0.15, 0.2) is 83.3 Å². The molecule has 0 radical (unpaired) electrons. The highest BCUT2D eigenvalue weighted by Crippen LogP contribution is 2.40. The lowest BCUT2D eigenvalue weighted by molar-refractivity contribution is 0.187. The molecule has 2 aromatic carbocycles. The van der Waals surface area contributed by atoms with Crippen LogP contribution >= 0.6 is 11.8 Å². The Morgan fingerprint density at radius 3 is 2.19 bits per heavy atom. The van der Waals surface area contributed by atoms with Gasteiger partial charge in [-0.05, 0) is 58.3 Å². The molecule has 2 aromatic rings. The van der Waals surface area contributed by atoms with Gasteiger partial charge in [0.15, 0.2) is 0 Å². The average Bonchev–Trinajstić information content (AvgIpc) is 2.80. The number of hydrogen-bond acceptors (Lipinski definition) is 2. The van der Waals surface area contributed by atoms with Gasteiger partial charge in [0.25, 0.3) is 8.32 Å². The number of benzene rings is 2. The minimum atomic E-state index is -2.68. The second kappa shape index (κ2) is 10.8. The molecule has 1 unspecified atom stereocenters. The van der Waals surface area contributed by atoms with E-state index in [-0.39, 0.29) is 11.1 Å². The van der Waals surface area contributed by atoms with Gasteiger partial charge in [-0.2, -0.15) is 0 Å². The molecule has 0 saturated carbocycles. The van der Waals surface area contributed by atoms with Gasteiger partial charge in [0, 0.05) is 4.11 Å². The molecule has 0 fully saturated rings. The first-order valence-electron chi connectivity index (χ1n) is 12.9. The van der Waals surface area contributed by atoms with Crippen molar-refractivity contribution in [1.29, 1.82) is 0 Å². The average molecular weight is 454 g/mol. The molecular formula is C28H38OSSi. The van der Waals surface area contributed by atoms with Crippen molar-refractivity contribution in [3.63, 3.8) is 0 Å². The third-order valence-corrected chi connectivity index (χ3v) is 12.0. The highest BCUT2D eigenvalue weighted by Gasteiger charge is 2.51. The third kappa shape index (κ3) is 5.63. The lowest BCUT2D eigenvalue weighted by atomic mass is 9.94. The lowest BCUT2D eigenvalue weighted by Gasteiger charge is -2.45. The normalized spacial score (nSPS) is 20.6. The SMILES string of the molecule is [2H]C([2H])([2H])C1=CCC(O[Si](c2ccccc2)(c2ccccc2)C(C)(C)C)C/C1=C\SCCCC. The zero-order chi connectivity index (χ0) is 24.8. The summed E-state index contributed by atoms with van der Waals surface area (Å²) in [4.78, 5) is 0. The van der Waals surface area contributed by atoms with Gasteiger partial charge in [-0.15, -0.1) is 11.8 Å². The molecule has 0 bridgehead atoms. The van der Waals surface area contributed by atoms with Crippen molar-refractivity contribution in [3.05, 3.63) is 83.3 Å². The molecule has 1 aliphatic rings. The molecule has 166 valence electrons. The van der Waals surface area contributed by atoms with Crippen LogP contribution in [-0.4, -0.2) is 20.2 Å². The standard InChI is InChI=1S/C28H38OSSi/c1-6-7-20-30-22-24-21-25(19-18-23(24)2)29-31(28(3,4)5,26-14-10-8-11-15-26)27-16-12-9-13-17-27/h8-18,22,25H,6-7,19-21H2,1-5H3/b24-22+/i2D3. The number of allylic oxidation sites excluding steroid dienone is 1. The zero-order valence-electron chi connectivity index (χ0n) is 22.4. The van der Waals surface area contributed by atoms with E-state index in [0.29, 0.717) is 18.4 Å². The molecule has 0 aromatic heterocycles. The fourth-order valence-electron chi connectivity index (χ4n) is 4.35. The molecule has 0 N–H and O–H groups in total. The van der Waals surface area contributed by atoms with Crippen LogP contribution in [0.1, 0.15) is 64.3 Å². The second-order valence-electron chi connectivity index (χ2n) is 9.33. The largest absolute Gasteiger partial charge is 0.404 e. The van der Waals surface area contributed by atoms with Crippen LogP contribution in [0.2, 0.25) is 5.04 Å². The summed E-state index contributed by atoms with van der Waals surface area (Å²) in [6, 6.07) is 21.3. The predicted octanol–water partition coefficient (Wildman–Crippen LogP) is 7.09. The molecule has 1 atom stereocenters. The Morgan fingerprint density at radius 1 is 1.06 bits per heavy atom. The van der Waals surface area contributed by atoms with Gasteiger partial charge in [0.1, 0.15) is 0 Å². The minimum Gasteiger partial charge on any atom is -0.404 e. The van der Waals surface area contributed by atoms with E-state index in [9.17, 15) is 0 Å². The van der Waals surface area contributed by atoms with E-state index in [1.165, 1.54) is 10.4 Å². The summed E-state index contributed by atoms with van der Waals surface area (Å²) in [5, 5.41) is 4.47. The summed E-state index contributed by atoms with van der Waals surface area (Å²) >= 11 is 1.73. The first-order chi connectivity index (χ1) is 16.1. The minimum absolute atomic E-state index is 0.0598. The molecule has 3 rings (SSSR count). The van der Waals surface area contributed by atoms with Crippen LogP contribution in [0.4, 0.5) is 0 Å². The van der Waals surface area contributed by atoms with Crippen molar-refractivity contribution < 1.29 is 8.54 Å². The summed E-state index contributed by atoms with van der Waals surface area (Å²) in [7, 11) is -2.68. The van der Waals surface area contributed by atoms with Crippen molar-refractivity contribution in [3.8, 4) is 0 Å². The Balaban J connectivity index is 2.04. The predicted molar refractivity (Wildman–Crippen MR) is 141 cm³/mol. The zero-order valence-corrected chi connectivity index (χ0v) is 21.2. The first-order valence-corrected chi connectivity index (χ1v) is 14.4. The van der Waals surface area contributed by atoms with Gasteiger partial charge in [0.05, 0.1) is 6.10 Å². The molecule has 1 aliphatic carbocycles. The van der Waals surface area contributed by atoms with Gasteiger partial charge in [-0.25, -0.2) is 0 Å². The maximum Gasteiger partial charge on any atom is 0.261 e. The Hall–Kier alpha value is -1.55. The fraction of sp³-hybridized carbons (Fsp3) is 0.429. The van der Waals surface area contributed by atoms with Crippen LogP contribution < -0.4 is 10.4 Å². The topological polar surface area (TPSA) is 9.23 Å². The Bertz CT molecular complexity index is 939. The quantitative estimate of drug-likeness (QED) is 0.312. The number of hydrogen-bond donors (Lipinski definition) is 0. The molecule has 0 spiro atoms. The lowest BCUT2D eigenvalue weighted by Crippen LogP contribution is -2.67. The molecule has 0 saturated heterocycles. The number of thioether (sulfide) groups is 1. The van der Waals surface area contributed by atoms with Crippen LogP contribution in [0, 0.1) is 0 Å². The van der Waals surface area contributed by atoms with Gasteiger partial charge in [-0.3, -0.25) is 0 Å². The maximum atomic E-state index is 8.07. The van der Waals surface area contributed by atoms with Crippen LogP contribution in [-0.2, 0) is 4.43 Å². The van der Waals surface area contributed by atoms with Crippen LogP contribution in [0.3, 0.4) is 0 Å². The maximum absolute atomic E-state index is 8.07. The summed E-state index contributed by atoms with van der Waals surface area (Å²) in [5.74, 6) is 1.01. The van der Waals surface area contributed by atoms with E-state index >= 15 is 0 Å². The number of unbranched alkanes of at least 4 members (excludes halogenated alkanes) is 1. The van der Waals surface area contributed by atoms with Gasteiger partial charge < -0.3 is 4.43 Å². The van der Waals surface area contributed by atoms with Gasteiger partial charge in [-0.1, -0.05) is 106 Å². The Labute approximate surface area is 199 Å². The molecule has 0 amide bonds. The fourth-order valence-corrected chi connectivity index (χ4v) is 10.0. The third-order valence-electron chi connectivity index (χ3n) is 5.98. The second-order valence-corrected chi connectivity index (χ2v) is 14.6. The first kappa shape index (κ1) is 20.1. The van der Waals surface area contributed by atoms with Crippen molar-refractivity contribution in [2.24, 2.45) is 0 Å². The smallest absolute Gasteiger partial charge is 0.261 e. The van der Waals surface area contributed by atoms with Crippen molar-refractivity contribution in [1.82, 2.24) is 0 Å². The summed E-state index contributed by atoms with van der Waals surface area (Å²) < 4.78 is 31.5. The summed E-state index contributed by atoms with van der Waals surface area (Å²) in [5.41, 5.74) is 1.41. The van der Waals surface area contributed by atoms with Crippen molar-refractivity contribution in [2.75, 3.05) is 5.75 Å². The molecule has 0 aliphatic heterocycles. The summed E-state index contributed by atoms with van der Waals surface area (Å²) in [6.07, 6.45) is 5.37. The Morgan fingerprint density at radius 2 is 1.68 bits per heavy atom. The van der Waals surface area contributed by atoms with Crippen LogP contribution in [0.25, 0.3) is 0 Å². The molecule has 3 heteroatoms. The van der Waals surface area contributed by atoms with Crippen molar-refractivity contribution >= 4 is 30.5 Å². The van der Waals surface area contributed by atoms with E-state index in [0.717, 1.165) is 24.2 Å². The van der Waals surface area contributed by atoms with E-state index in [2.05, 4.69) is 93.8 Å². The molecule has 0 heterocycles. The monoisotopic (exact) mass is 453 g/mol. The summed E-state index contributed by atoms with van der Waals surface area (Å²) in [6.45, 7) is 6.92. The molecule has 1 nitrogen and oxygen atoms in total. The highest BCUT2D eigenvalue weighted by atomic mass is 32.2. The number of rotatable bonds is 8. The van der Waals surface area contributed by atoms with Gasteiger partial charge >= 0.3 is 0 Å². The van der Waals surface area contributed by atoms with E-state index in [4.69, 9.17) is 8.54 Å². The van der Waals surface area contributed by atoms with E-state index in [1.54, 1.807) is 11.8 Å². The molecule has 31 heavy (non-hydrogen) atoms. The highest BCUT2D eigenvalue weighted by molar-refractivity contribution is 8.02. The van der Waals surface area contributed by atoms with Crippen LogP contribution in [0.5, 0.6) is 0 Å².